The first-order chi connectivity index (χ1) is 15.0. The molecule has 0 unspecified atom stereocenters. The molecule has 1 heterocycles. The molecule has 5 aromatic rings. The number of halogens is 2. The van der Waals surface area contributed by atoms with Crippen LogP contribution in [0.2, 0.25) is 5.02 Å². The number of hydrogen-bond acceptors (Lipinski definition) is 5. The van der Waals surface area contributed by atoms with Gasteiger partial charge in [-0.05, 0) is 59.3 Å². The minimum atomic E-state index is -0.474. The lowest BCUT2D eigenvalue weighted by Gasteiger charge is -2.13. The van der Waals surface area contributed by atoms with Crippen LogP contribution >= 0.6 is 23.4 Å². The largest absolute Gasteiger partial charge is 0.399 e. The first-order valence-electron chi connectivity index (χ1n) is 9.51. The van der Waals surface area contributed by atoms with Gasteiger partial charge in [0.15, 0.2) is 5.82 Å². The molecule has 0 aliphatic heterocycles. The highest BCUT2D eigenvalue weighted by atomic mass is 35.5. The number of nitrogens with one attached hydrogen (secondary N) is 1. The maximum absolute atomic E-state index is 13.6. The highest BCUT2D eigenvalue weighted by Gasteiger charge is 2.13. The number of fused-ring (bicyclic) bond motifs is 2. The van der Waals surface area contributed by atoms with Gasteiger partial charge in [0.25, 0.3) is 0 Å². The smallest absolute Gasteiger partial charge is 0.164 e. The quantitative estimate of drug-likeness (QED) is 0.228. The minimum Gasteiger partial charge on any atom is -0.399 e. The monoisotopic (exact) mass is 446 g/mol. The molecule has 0 saturated heterocycles. The number of anilines is 3. The van der Waals surface area contributed by atoms with Crippen LogP contribution in [0.3, 0.4) is 0 Å². The second-order valence-electron chi connectivity index (χ2n) is 6.99. The number of rotatable bonds is 4. The van der Waals surface area contributed by atoms with Gasteiger partial charge >= 0.3 is 0 Å². The lowest BCUT2D eigenvalue weighted by Crippen LogP contribution is -2.00. The molecule has 0 aliphatic carbocycles. The Hall–Kier alpha value is -3.35. The first kappa shape index (κ1) is 19.6. The Morgan fingerprint density at radius 2 is 1.58 bits per heavy atom. The van der Waals surface area contributed by atoms with Crippen LogP contribution in [-0.2, 0) is 0 Å². The molecule has 0 atom stereocenters. The van der Waals surface area contributed by atoms with Gasteiger partial charge in [-0.15, -0.1) is 0 Å². The molecular formula is C24H16ClFN4S. The summed E-state index contributed by atoms with van der Waals surface area (Å²) in [5.41, 5.74) is 8.77. The molecule has 4 nitrogen and oxygen atoms in total. The van der Waals surface area contributed by atoms with Crippen molar-refractivity contribution in [3.05, 3.63) is 89.7 Å². The van der Waals surface area contributed by atoms with E-state index in [0.29, 0.717) is 22.2 Å². The SMILES string of the molecule is Nc1cccc(Sc2nc3cc4ccccc4cc3nc2Nc2ccc(F)c(Cl)c2)c1. The molecule has 0 bridgehead atoms. The predicted octanol–water partition coefficient (Wildman–Crippen LogP) is 7.05. The summed E-state index contributed by atoms with van der Waals surface area (Å²) in [7, 11) is 0. The highest BCUT2D eigenvalue weighted by molar-refractivity contribution is 7.99. The van der Waals surface area contributed by atoms with E-state index in [-0.39, 0.29) is 5.02 Å². The zero-order valence-corrected chi connectivity index (χ0v) is 17.7. The molecule has 4 aromatic carbocycles. The van der Waals surface area contributed by atoms with Gasteiger partial charge in [0.1, 0.15) is 10.8 Å². The zero-order valence-electron chi connectivity index (χ0n) is 16.1. The fourth-order valence-electron chi connectivity index (χ4n) is 3.28. The first-order valence-corrected chi connectivity index (χ1v) is 10.7. The Morgan fingerprint density at radius 3 is 2.29 bits per heavy atom. The van der Waals surface area contributed by atoms with Crippen LogP contribution in [0.5, 0.6) is 0 Å². The lowest BCUT2D eigenvalue weighted by molar-refractivity contribution is 0.628. The van der Waals surface area contributed by atoms with Crippen molar-refractivity contribution in [1.82, 2.24) is 9.97 Å². The summed E-state index contributed by atoms with van der Waals surface area (Å²) in [4.78, 5) is 10.6. The number of benzene rings is 4. The Morgan fingerprint density at radius 1 is 0.839 bits per heavy atom. The maximum Gasteiger partial charge on any atom is 0.164 e. The fraction of sp³-hybridized carbons (Fsp3) is 0. The summed E-state index contributed by atoms with van der Waals surface area (Å²) < 4.78 is 13.6. The van der Waals surface area contributed by atoms with Crippen molar-refractivity contribution >= 4 is 62.4 Å². The van der Waals surface area contributed by atoms with E-state index in [1.54, 1.807) is 6.07 Å². The standard InChI is InChI=1S/C24H16ClFN4S/c25-19-13-17(8-9-20(19)26)28-23-24(31-18-7-3-6-16(27)12-18)30-22-11-15-5-2-1-4-14(15)10-21(22)29-23/h1-13H,27H2,(H,28,29). The molecule has 0 radical (unpaired) electrons. The summed E-state index contributed by atoms with van der Waals surface area (Å²) in [6.07, 6.45) is 0. The Labute approximate surface area is 187 Å². The Balaban J connectivity index is 1.65. The van der Waals surface area contributed by atoms with Gasteiger partial charge in [-0.25, -0.2) is 14.4 Å². The summed E-state index contributed by atoms with van der Waals surface area (Å²) >= 11 is 7.41. The fourth-order valence-corrected chi connectivity index (χ4v) is 4.36. The van der Waals surface area contributed by atoms with Crippen LogP contribution < -0.4 is 11.1 Å². The van der Waals surface area contributed by atoms with E-state index in [1.165, 1.54) is 23.9 Å². The van der Waals surface area contributed by atoms with Crippen LogP contribution in [0.15, 0.2) is 88.8 Å². The molecular weight excluding hydrogens is 431 g/mol. The van der Waals surface area contributed by atoms with Gasteiger partial charge < -0.3 is 11.1 Å². The van der Waals surface area contributed by atoms with Gasteiger partial charge in [-0.2, -0.15) is 0 Å². The molecule has 7 heteroatoms. The Kier molecular flexibility index (Phi) is 5.10. The van der Waals surface area contributed by atoms with Crippen molar-refractivity contribution in [3.63, 3.8) is 0 Å². The summed E-state index contributed by atoms with van der Waals surface area (Å²) in [6.45, 7) is 0. The van der Waals surface area contributed by atoms with E-state index < -0.39 is 5.82 Å². The number of nitrogens with two attached hydrogens (primary N) is 1. The van der Waals surface area contributed by atoms with Gasteiger partial charge in [-0.3, -0.25) is 0 Å². The molecule has 1 aromatic heterocycles. The van der Waals surface area contributed by atoms with Crippen molar-refractivity contribution in [3.8, 4) is 0 Å². The van der Waals surface area contributed by atoms with E-state index in [1.807, 2.05) is 60.7 Å². The number of hydrogen-bond donors (Lipinski definition) is 2. The van der Waals surface area contributed by atoms with Crippen molar-refractivity contribution in [1.29, 1.82) is 0 Å². The van der Waals surface area contributed by atoms with Crippen molar-refractivity contribution < 1.29 is 4.39 Å². The van der Waals surface area contributed by atoms with Crippen LogP contribution in [0.1, 0.15) is 0 Å². The molecule has 0 amide bonds. The average molecular weight is 447 g/mol. The molecule has 31 heavy (non-hydrogen) atoms. The van der Waals surface area contributed by atoms with E-state index in [0.717, 1.165) is 26.7 Å². The van der Waals surface area contributed by atoms with Gasteiger partial charge in [0.05, 0.1) is 16.1 Å². The van der Waals surface area contributed by atoms with E-state index in [2.05, 4.69) is 5.32 Å². The van der Waals surface area contributed by atoms with E-state index in [9.17, 15) is 4.39 Å². The molecule has 0 saturated carbocycles. The van der Waals surface area contributed by atoms with Crippen molar-refractivity contribution in [2.24, 2.45) is 0 Å². The molecule has 0 spiro atoms. The van der Waals surface area contributed by atoms with Crippen LogP contribution in [0.25, 0.3) is 21.8 Å². The Bertz CT molecular complexity index is 1440. The average Bonchev–Trinajstić information content (AvgIpc) is 2.75. The van der Waals surface area contributed by atoms with Crippen LogP contribution in [-0.4, -0.2) is 9.97 Å². The molecule has 5 rings (SSSR count). The third kappa shape index (κ3) is 4.13. The normalized spacial score (nSPS) is 11.2. The third-order valence-corrected chi connectivity index (χ3v) is 6.01. The number of nitrogen functional groups attached to an aromatic ring is 1. The van der Waals surface area contributed by atoms with Crippen LogP contribution in [0, 0.1) is 5.82 Å². The van der Waals surface area contributed by atoms with Crippen molar-refractivity contribution in [2.75, 3.05) is 11.1 Å². The second-order valence-corrected chi connectivity index (χ2v) is 8.46. The van der Waals surface area contributed by atoms with Gasteiger partial charge in [0, 0.05) is 16.3 Å². The summed E-state index contributed by atoms with van der Waals surface area (Å²) in [5.74, 6) is 0.0792. The molecule has 0 aliphatic rings. The third-order valence-electron chi connectivity index (χ3n) is 4.75. The summed E-state index contributed by atoms with van der Waals surface area (Å²) in [6, 6.07) is 24.2. The predicted molar refractivity (Wildman–Crippen MR) is 127 cm³/mol. The van der Waals surface area contributed by atoms with E-state index >= 15 is 0 Å². The highest BCUT2D eigenvalue weighted by Crippen LogP contribution is 2.35. The van der Waals surface area contributed by atoms with Crippen LogP contribution in [0.4, 0.5) is 21.6 Å². The number of aromatic nitrogens is 2. The second kappa shape index (κ2) is 8.06. The molecule has 0 fully saturated rings. The topological polar surface area (TPSA) is 63.8 Å². The zero-order chi connectivity index (χ0) is 21.4. The van der Waals surface area contributed by atoms with Gasteiger partial charge in [0.2, 0.25) is 0 Å². The maximum atomic E-state index is 13.6. The van der Waals surface area contributed by atoms with E-state index in [4.69, 9.17) is 27.3 Å². The minimum absolute atomic E-state index is 0.0368. The lowest BCUT2D eigenvalue weighted by atomic mass is 10.1. The summed E-state index contributed by atoms with van der Waals surface area (Å²) in [5, 5.41) is 6.12. The number of nitrogens with zero attached hydrogens (tertiary/aromatic N) is 2. The van der Waals surface area contributed by atoms with Crippen molar-refractivity contribution in [2.45, 2.75) is 9.92 Å². The molecule has 152 valence electrons. The van der Waals surface area contributed by atoms with Gasteiger partial charge in [-0.1, -0.05) is 53.7 Å². The molecule has 3 N–H and O–H groups in total.